The maximum atomic E-state index is 12.6. The Morgan fingerprint density at radius 1 is 1.12 bits per heavy atom. The molecular formula is C25H27N3O5. The van der Waals surface area contributed by atoms with Crippen molar-refractivity contribution >= 4 is 23.6 Å². The highest BCUT2D eigenvalue weighted by Gasteiger charge is 2.21. The van der Waals surface area contributed by atoms with E-state index in [0.717, 1.165) is 5.56 Å². The Labute approximate surface area is 193 Å². The van der Waals surface area contributed by atoms with Crippen molar-refractivity contribution < 1.29 is 23.8 Å². The van der Waals surface area contributed by atoms with Crippen LogP contribution in [0.1, 0.15) is 18.1 Å². The van der Waals surface area contributed by atoms with Gasteiger partial charge in [-0.05, 0) is 49.8 Å². The fourth-order valence-corrected chi connectivity index (χ4v) is 3.22. The summed E-state index contributed by atoms with van der Waals surface area (Å²) in [5.74, 6) is 0.191. The van der Waals surface area contributed by atoms with Crippen molar-refractivity contribution in [1.82, 2.24) is 4.90 Å². The highest BCUT2D eigenvalue weighted by atomic mass is 16.5. The number of carbonyl (C=O) groups excluding carboxylic acids is 2. The minimum atomic E-state index is -0.327. The number of carbonyl (C=O) groups is 2. The normalized spacial score (nSPS) is 13.7. The van der Waals surface area contributed by atoms with Gasteiger partial charge in [-0.25, -0.2) is 0 Å². The molecular weight excluding hydrogens is 422 g/mol. The number of aryl methyl sites for hydroxylation is 1. The average Bonchev–Trinajstić information content (AvgIpc) is 2.84. The third-order valence-corrected chi connectivity index (χ3v) is 4.92. The minimum Gasteiger partial charge on any atom is -0.490 e. The predicted octanol–water partition coefficient (Wildman–Crippen LogP) is 3.18. The lowest BCUT2D eigenvalue weighted by atomic mass is 10.1. The summed E-state index contributed by atoms with van der Waals surface area (Å²) < 4.78 is 16.6. The number of hydrogen-bond donors (Lipinski definition) is 1. The van der Waals surface area contributed by atoms with Gasteiger partial charge in [0, 0.05) is 18.8 Å². The van der Waals surface area contributed by atoms with Crippen LogP contribution in [0.3, 0.4) is 0 Å². The summed E-state index contributed by atoms with van der Waals surface area (Å²) in [5, 5.41) is 12.3. The summed E-state index contributed by atoms with van der Waals surface area (Å²) >= 11 is 0. The lowest BCUT2D eigenvalue weighted by Gasteiger charge is -2.26. The Kier molecular flexibility index (Phi) is 8.44. The smallest absolute Gasteiger partial charge is 0.264 e. The molecule has 1 N–H and O–H groups in total. The molecule has 2 aromatic carbocycles. The molecule has 3 rings (SSSR count). The van der Waals surface area contributed by atoms with Gasteiger partial charge in [0.25, 0.3) is 11.8 Å². The molecule has 0 atom stereocenters. The number of nitrogens with zero attached hydrogens (tertiary/aromatic N) is 2. The Hall–Kier alpha value is -3.83. The molecule has 2 aromatic rings. The van der Waals surface area contributed by atoms with E-state index in [9.17, 15) is 14.9 Å². The van der Waals surface area contributed by atoms with E-state index < -0.39 is 0 Å². The van der Waals surface area contributed by atoms with Crippen LogP contribution in [0.2, 0.25) is 0 Å². The van der Waals surface area contributed by atoms with Gasteiger partial charge in [-0.3, -0.25) is 9.59 Å². The van der Waals surface area contributed by atoms with Gasteiger partial charge in [0.2, 0.25) is 0 Å². The summed E-state index contributed by atoms with van der Waals surface area (Å²) in [5.41, 5.74) is 2.44. The summed E-state index contributed by atoms with van der Waals surface area (Å²) in [7, 11) is 0. The molecule has 1 aliphatic heterocycles. The van der Waals surface area contributed by atoms with Crippen molar-refractivity contribution in [2.75, 3.05) is 44.8 Å². The average molecular weight is 450 g/mol. The highest BCUT2D eigenvalue weighted by molar-refractivity contribution is 6.01. The second-order valence-electron chi connectivity index (χ2n) is 7.42. The van der Waals surface area contributed by atoms with E-state index >= 15 is 0 Å². The summed E-state index contributed by atoms with van der Waals surface area (Å²) in [6, 6.07) is 14.5. The van der Waals surface area contributed by atoms with E-state index in [4.69, 9.17) is 14.2 Å². The number of benzene rings is 2. The van der Waals surface area contributed by atoms with Crippen LogP contribution in [-0.2, 0) is 14.3 Å². The van der Waals surface area contributed by atoms with Crippen LogP contribution < -0.4 is 14.8 Å². The number of hydrogen-bond acceptors (Lipinski definition) is 6. The van der Waals surface area contributed by atoms with E-state index in [-0.39, 0.29) is 24.0 Å². The molecule has 0 radical (unpaired) electrons. The third-order valence-electron chi connectivity index (χ3n) is 4.92. The van der Waals surface area contributed by atoms with Crippen molar-refractivity contribution in [2.24, 2.45) is 0 Å². The Morgan fingerprint density at radius 2 is 1.85 bits per heavy atom. The molecule has 33 heavy (non-hydrogen) atoms. The first-order valence-corrected chi connectivity index (χ1v) is 10.7. The fraction of sp³-hybridized carbons (Fsp3) is 0.320. The zero-order chi connectivity index (χ0) is 23.6. The Balaban J connectivity index is 1.69. The van der Waals surface area contributed by atoms with E-state index in [1.54, 1.807) is 23.1 Å². The van der Waals surface area contributed by atoms with Crippen molar-refractivity contribution in [2.45, 2.75) is 13.8 Å². The van der Waals surface area contributed by atoms with Crippen LogP contribution in [0.25, 0.3) is 6.08 Å². The number of nitrogens with one attached hydrogen (secondary N) is 1. The molecule has 1 saturated heterocycles. The topological polar surface area (TPSA) is 101 Å². The van der Waals surface area contributed by atoms with Gasteiger partial charge in [0.1, 0.15) is 11.6 Å². The molecule has 8 heteroatoms. The van der Waals surface area contributed by atoms with E-state index in [2.05, 4.69) is 5.32 Å². The van der Waals surface area contributed by atoms with Gasteiger partial charge < -0.3 is 24.4 Å². The van der Waals surface area contributed by atoms with Gasteiger partial charge in [0.15, 0.2) is 18.1 Å². The lowest BCUT2D eigenvalue weighted by Crippen LogP contribution is -2.41. The monoisotopic (exact) mass is 449 g/mol. The molecule has 1 fully saturated rings. The van der Waals surface area contributed by atoms with E-state index in [1.165, 1.54) is 6.08 Å². The zero-order valence-corrected chi connectivity index (χ0v) is 18.8. The van der Waals surface area contributed by atoms with Gasteiger partial charge >= 0.3 is 0 Å². The number of amides is 2. The Bertz CT molecular complexity index is 1050. The first-order valence-electron chi connectivity index (χ1n) is 10.7. The predicted molar refractivity (Wildman–Crippen MR) is 124 cm³/mol. The van der Waals surface area contributed by atoms with Crippen LogP contribution in [0, 0.1) is 18.3 Å². The van der Waals surface area contributed by atoms with Gasteiger partial charge in [-0.15, -0.1) is 0 Å². The van der Waals surface area contributed by atoms with Crippen molar-refractivity contribution in [1.29, 1.82) is 5.26 Å². The van der Waals surface area contributed by atoms with Crippen LogP contribution in [0.15, 0.2) is 48.0 Å². The molecule has 1 aliphatic rings. The minimum absolute atomic E-state index is 0.0329. The van der Waals surface area contributed by atoms with Crippen molar-refractivity contribution in [3.63, 3.8) is 0 Å². The second kappa shape index (κ2) is 11.7. The van der Waals surface area contributed by atoms with Crippen molar-refractivity contribution in [3.05, 3.63) is 59.2 Å². The van der Waals surface area contributed by atoms with E-state index in [0.29, 0.717) is 55.7 Å². The molecule has 2 amide bonds. The fourth-order valence-electron chi connectivity index (χ4n) is 3.22. The molecule has 8 nitrogen and oxygen atoms in total. The number of ether oxygens (including phenoxy) is 3. The lowest BCUT2D eigenvalue weighted by molar-refractivity contribution is -0.130. The summed E-state index contributed by atoms with van der Waals surface area (Å²) in [6.07, 6.45) is 1.52. The number of anilines is 1. The second-order valence-corrected chi connectivity index (χ2v) is 7.42. The molecule has 0 unspecified atom stereocenters. The standard InChI is InChI=1S/C25H27N3O5/c1-3-32-23-15-19(14-20(16-26)25(30)28-10-12-31-13-11-28)6-9-22(23)33-17-24(29)27-21-7-4-18(2)5-8-21/h4-9,14-15H,3,10-13,17H2,1-2H3,(H,27,29)/b20-14-. The van der Waals surface area contributed by atoms with Crippen molar-refractivity contribution in [3.8, 4) is 17.6 Å². The molecule has 0 aromatic heterocycles. The third kappa shape index (κ3) is 6.82. The largest absolute Gasteiger partial charge is 0.490 e. The molecule has 0 aliphatic carbocycles. The molecule has 0 saturated carbocycles. The SMILES string of the molecule is CCOc1cc(/C=C(/C#N)C(=O)N2CCOCC2)ccc1OCC(=O)Nc1ccc(C)cc1. The van der Waals surface area contributed by atoms with Gasteiger partial charge in [0.05, 0.1) is 19.8 Å². The molecule has 0 spiro atoms. The van der Waals surface area contributed by atoms with Gasteiger partial charge in [-0.2, -0.15) is 5.26 Å². The summed E-state index contributed by atoms with van der Waals surface area (Å²) in [4.78, 5) is 26.5. The first-order chi connectivity index (χ1) is 16.0. The van der Waals surface area contributed by atoms with Crippen LogP contribution in [-0.4, -0.2) is 56.2 Å². The number of rotatable bonds is 8. The highest BCUT2D eigenvalue weighted by Crippen LogP contribution is 2.29. The quantitative estimate of drug-likeness (QED) is 0.491. The summed E-state index contributed by atoms with van der Waals surface area (Å²) in [6.45, 7) is 5.84. The van der Waals surface area contributed by atoms with E-state index in [1.807, 2.05) is 44.2 Å². The maximum Gasteiger partial charge on any atom is 0.264 e. The number of morpholine rings is 1. The first kappa shape index (κ1) is 23.8. The van der Waals surface area contributed by atoms with Gasteiger partial charge in [-0.1, -0.05) is 23.8 Å². The maximum absolute atomic E-state index is 12.6. The molecule has 172 valence electrons. The molecule has 0 bridgehead atoms. The Morgan fingerprint density at radius 3 is 2.52 bits per heavy atom. The van der Waals surface area contributed by atoms with Crippen LogP contribution >= 0.6 is 0 Å². The van der Waals surface area contributed by atoms with Crippen LogP contribution in [0.5, 0.6) is 11.5 Å². The zero-order valence-electron chi connectivity index (χ0n) is 18.8. The number of nitriles is 1. The molecule has 1 heterocycles. The van der Waals surface area contributed by atoms with Crippen LogP contribution in [0.4, 0.5) is 5.69 Å².